The zero-order valence-electron chi connectivity index (χ0n) is 15.1. The molecule has 26 heavy (non-hydrogen) atoms. The van der Waals surface area contributed by atoms with E-state index in [2.05, 4.69) is 20.9 Å². The number of piperidine rings is 1. The summed E-state index contributed by atoms with van der Waals surface area (Å²) in [4.78, 5) is 26.0. The fourth-order valence-electron chi connectivity index (χ4n) is 2.94. The van der Waals surface area contributed by atoms with E-state index < -0.39 is 0 Å². The van der Waals surface area contributed by atoms with Gasteiger partial charge >= 0.3 is 0 Å². The number of rotatable bonds is 5. The van der Waals surface area contributed by atoms with Gasteiger partial charge in [0.15, 0.2) is 5.69 Å². The van der Waals surface area contributed by atoms with E-state index in [1.807, 2.05) is 31.2 Å². The Morgan fingerprint density at radius 1 is 1.27 bits per heavy atom. The molecule has 0 aliphatic carbocycles. The zero-order chi connectivity index (χ0) is 18.5. The quantitative estimate of drug-likeness (QED) is 0.840. The lowest BCUT2D eigenvalue weighted by atomic mass is 10.1. The number of carbonyl (C=O) groups is 2. The SMILES string of the molecule is Cc1ccc(NC(=O)CN(C)C(=O)c2cn(C3CCNCC3)nn2)cc1. The minimum atomic E-state index is -0.316. The molecule has 1 aliphatic rings. The Hall–Kier alpha value is -2.74. The first kappa shape index (κ1) is 18.1. The molecule has 0 spiro atoms. The van der Waals surface area contributed by atoms with Crippen LogP contribution in [0.2, 0.25) is 0 Å². The summed E-state index contributed by atoms with van der Waals surface area (Å²) in [7, 11) is 1.58. The van der Waals surface area contributed by atoms with Crippen molar-refractivity contribution < 1.29 is 9.59 Å². The normalized spacial score (nSPS) is 14.8. The molecular formula is C18H24N6O2. The summed E-state index contributed by atoms with van der Waals surface area (Å²) in [5.74, 6) is -0.570. The Morgan fingerprint density at radius 3 is 2.65 bits per heavy atom. The van der Waals surface area contributed by atoms with Crippen LogP contribution in [-0.2, 0) is 4.79 Å². The van der Waals surface area contributed by atoms with Crippen LogP contribution in [0.15, 0.2) is 30.5 Å². The van der Waals surface area contributed by atoms with Crippen molar-refractivity contribution in [2.24, 2.45) is 0 Å². The molecule has 1 saturated heterocycles. The fraction of sp³-hybridized carbons (Fsp3) is 0.444. The van der Waals surface area contributed by atoms with Crippen LogP contribution >= 0.6 is 0 Å². The average molecular weight is 356 g/mol. The molecule has 1 aliphatic heterocycles. The van der Waals surface area contributed by atoms with Gasteiger partial charge in [0, 0.05) is 12.7 Å². The summed E-state index contributed by atoms with van der Waals surface area (Å²) < 4.78 is 1.76. The van der Waals surface area contributed by atoms with E-state index in [0.29, 0.717) is 5.69 Å². The van der Waals surface area contributed by atoms with E-state index in [1.165, 1.54) is 4.90 Å². The molecule has 0 radical (unpaired) electrons. The third-order valence-corrected chi connectivity index (χ3v) is 4.48. The summed E-state index contributed by atoms with van der Waals surface area (Å²) in [5, 5.41) is 14.2. The summed E-state index contributed by atoms with van der Waals surface area (Å²) in [6, 6.07) is 7.77. The van der Waals surface area contributed by atoms with Gasteiger partial charge < -0.3 is 15.5 Å². The number of anilines is 1. The van der Waals surface area contributed by atoms with Gasteiger partial charge in [0.25, 0.3) is 5.91 Å². The highest BCUT2D eigenvalue weighted by Gasteiger charge is 2.21. The van der Waals surface area contributed by atoms with Crippen molar-refractivity contribution in [3.63, 3.8) is 0 Å². The van der Waals surface area contributed by atoms with Crippen molar-refractivity contribution in [3.8, 4) is 0 Å². The molecule has 1 aromatic heterocycles. The Bertz CT molecular complexity index is 764. The molecular weight excluding hydrogens is 332 g/mol. The van der Waals surface area contributed by atoms with Gasteiger partial charge in [-0.25, -0.2) is 4.68 Å². The van der Waals surface area contributed by atoms with Gasteiger partial charge in [-0.2, -0.15) is 0 Å². The maximum Gasteiger partial charge on any atom is 0.276 e. The first-order chi connectivity index (χ1) is 12.5. The minimum absolute atomic E-state index is 0.0487. The van der Waals surface area contributed by atoms with E-state index in [0.717, 1.165) is 31.5 Å². The smallest absolute Gasteiger partial charge is 0.276 e. The van der Waals surface area contributed by atoms with Crippen molar-refractivity contribution in [1.82, 2.24) is 25.2 Å². The number of likely N-dealkylation sites (N-methyl/N-ethyl adjacent to an activating group) is 1. The number of aryl methyl sites for hydroxylation is 1. The topological polar surface area (TPSA) is 92.2 Å². The maximum absolute atomic E-state index is 12.5. The van der Waals surface area contributed by atoms with Crippen molar-refractivity contribution in [2.75, 3.05) is 32.0 Å². The van der Waals surface area contributed by atoms with E-state index >= 15 is 0 Å². The lowest BCUT2D eigenvalue weighted by Gasteiger charge is -2.22. The van der Waals surface area contributed by atoms with Crippen LogP contribution in [0.5, 0.6) is 0 Å². The number of benzene rings is 1. The third kappa shape index (κ3) is 4.45. The zero-order valence-corrected chi connectivity index (χ0v) is 15.1. The van der Waals surface area contributed by atoms with E-state index in [9.17, 15) is 9.59 Å². The second-order valence-corrected chi connectivity index (χ2v) is 6.64. The van der Waals surface area contributed by atoms with Crippen molar-refractivity contribution in [2.45, 2.75) is 25.8 Å². The first-order valence-corrected chi connectivity index (χ1v) is 8.77. The predicted molar refractivity (Wildman–Crippen MR) is 97.9 cm³/mol. The molecule has 8 nitrogen and oxygen atoms in total. The lowest BCUT2D eigenvalue weighted by molar-refractivity contribution is -0.116. The first-order valence-electron chi connectivity index (χ1n) is 8.77. The van der Waals surface area contributed by atoms with Gasteiger partial charge in [-0.3, -0.25) is 9.59 Å². The van der Waals surface area contributed by atoms with E-state index in [4.69, 9.17) is 0 Å². The Morgan fingerprint density at radius 2 is 1.96 bits per heavy atom. The lowest BCUT2D eigenvalue weighted by Crippen LogP contribution is -2.35. The molecule has 1 aromatic carbocycles. The van der Waals surface area contributed by atoms with Crippen LogP contribution in [0.25, 0.3) is 0 Å². The van der Waals surface area contributed by atoms with Crippen molar-refractivity contribution in [1.29, 1.82) is 0 Å². The molecule has 8 heteroatoms. The summed E-state index contributed by atoms with van der Waals surface area (Å²) in [6.45, 7) is 3.81. The summed E-state index contributed by atoms with van der Waals surface area (Å²) in [5.41, 5.74) is 2.08. The van der Waals surface area contributed by atoms with Crippen LogP contribution in [0.4, 0.5) is 5.69 Å². The van der Waals surface area contributed by atoms with Gasteiger partial charge in [-0.1, -0.05) is 22.9 Å². The van der Waals surface area contributed by atoms with Gasteiger partial charge in [-0.05, 0) is 45.0 Å². The Labute approximate surface area is 152 Å². The molecule has 2 aromatic rings. The monoisotopic (exact) mass is 356 g/mol. The Balaban J connectivity index is 1.56. The van der Waals surface area contributed by atoms with Gasteiger partial charge in [0.05, 0.1) is 18.8 Å². The van der Waals surface area contributed by atoms with Crippen molar-refractivity contribution in [3.05, 3.63) is 41.7 Å². The molecule has 138 valence electrons. The third-order valence-electron chi connectivity index (χ3n) is 4.48. The molecule has 2 heterocycles. The highest BCUT2D eigenvalue weighted by molar-refractivity contribution is 5.98. The average Bonchev–Trinajstić information content (AvgIpc) is 3.14. The molecule has 2 N–H and O–H groups in total. The second kappa shape index (κ2) is 8.09. The maximum atomic E-state index is 12.5. The minimum Gasteiger partial charge on any atom is -0.331 e. The molecule has 0 atom stereocenters. The number of hydrogen-bond acceptors (Lipinski definition) is 5. The number of aromatic nitrogens is 3. The number of nitrogens with one attached hydrogen (secondary N) is 2. The van der Waals surface area contributed by atoms with Crippen LogP contribution in [0.1, 0.15) is 34.9 Å². The molecule has 1 fully saturated rings. The standard InChI is InChI=1S/C18H24N6O2/c1-13-3-5-14(6-4-13)20-17(25)12-23(2)18(26)16-11-24(22-21-16)15-7-9-19-10-8-15/h3-6,11,15,19H,7-10,12H2,1-2H3,(H,20,25). The van der Waals surface area contributed by atoms with Gasteiger partial charge in [-0.15, -0.1) is 5.10 Å². The molecule has 3 rings (SSSR count). The molecule has 0 saturated carbocycles. The van der Waals surface area contributed by atoms with Gasteiger partial charge in [0.1, 0.15) is 0 Å². The van der Waals surface area contributed by atoms with Crippen molar-refractivity contribution >= 4 is 17.5 Å². The summed E-state index contributed by atoms with van der Waals surface area (Å²) >= 11 is 0. The van der Waals surface area contributed by atoms with Crippen LogP contribution < -0.4 is 10.6 Å². The predicted octanol–water partition coefficient (Wildman–Crippen LogP) is 1.22. The highest BCUT2D eigenvalue weighted by atomic mass is 16.2. The highest BCUT2D eigenvalue weighted by Crippen LogP contribution is 2.17. The number of carbonyl (C=O) groups excluding carboxylic acids is 2. The Kier molecular flexibility index (Phi) is 5.62. The van der Waals surface area contributed by atoms with Crippen LogP contribution in [0, 0.1) is 6.92 Å². The molecule has 0 unspecified atom stereocenters. The summed E-state index contributed by atoms with van der Waals surface area (Å²) in [6.07, 6.45) is 3.60. The number of amides is 2. The largest absolute Gasteiger partial charge is 0.331 e. The molecule has 2 amide bonds. The number of nitrogens with zero attached hydrogens (tertiary/aromatic N) is 4. The number of hydrogen-bond donors (Lipinski definition) is 2. The second-order valence-electron chi connectivity index (χ2n) is 6.64. The van der Waals surface area contributed by atoms with E-state index in [-0.39, 0.29) is 30.1 Å². The van der Waals surface area contributed by atoms with Crippen LogP contribution in [-0.4, -0.2) is 58.4 Å². The van der Waals surface area contributed by atoms with E-state index in [1.54, 1.807) is 17.9 Å². The van der Waals surface area contributed by atoms with Gasteiger partial charge in [0.2, 0.25) is 5.91 Å². The molecule has 0 bridgehead atoms. The van der Waals surface area contributed by atoms with Crippen LogP contribution in [0.3, 0.4) is 0 Å². The fourth-order valence-corrected chi connectivity index (χ4v) is 2.94.